The molecule has 0 aromatic carbocycles. The molecule has 1 heterocycles. The Labute approximate surface area is 109 Å². The number of rotatable bonds is 8. The summed E-state index contributed by atoms with van der Waals surface area (Å²) >= 11 is 0. The fraction of sp³-hybridized carbons (Fsp3) is 0.692. The first-order valence-electron chi connectivity index (χ1n) is 6.67. The number of hydrogen-bond acceptors (Lipinski definition) is 5. The second-order valence-electron chi connectivity index (χ2n) is 4.17. The summed E-state index contributed by atoms with van der Waals surface area (Å²) in [7, 11) is 0. The van der Waals surface area contributed by atoms with Crippen molar-refractivity contribution in [2.45, 2.75) is 33.6 Å². The first-order valence-corrected chi connectivity index (χ1v) is 6.67. The Hall–Kier alpha value is -1.36. The highest BCUT2D eigenvalue weighted by Gasteiger charge is 2.10. The molecule has 0 fully saturated rings. The first kappa shape index (κ1) is 14.7. The molecule has 0 aliphatic heterocycles. The van der Waals surface area contributed by atoms with Crippen LogP contribution in [0.4, 0.5) is 5.82 Å². The average Bonchev–Trinajstić information content (AvgIpc) is 2.38. The van der Waals surface area contributed by atoms with E-state index in [0.29, 0.717) is 18.3 Å². The van der Waals surface area contributed by atoms with Gasteiger partial charge in [0.1, 0.15) is 18.8 Å². The molecule has 5 nitrogen and oxygen atoms in total. The number of nitrogen functional groups attached to an aromatic ring is 1. The molecule has 0 spiro atoms. The second-order valence-corrected chi connectivity index (χ2v) is 4.17. The highest BCUT2D eigenvalue weighted by molar-refractivity contribution is 5.44. The van der Waals surface area contributed by atoms with Crippen LogP contribution in [0.2, 0.25) is 0 Å². The van der Waals surface area contributed by atoms with Crippen molar-refractivity contribution in [3.8, 4) is 5.88 Å². The van der Waals surface area contributed by atoms with E-state index in [1.54, 1.807) is 0 Å². The van der Waals surface area contributed by atoms with E-state index in [2.05, 4.69) is 35.6 Å². The second kappa shape index (κ2) is 7.87. The monoisotopic (exact) mass is 252 g/mol. The van der Waals surface area contributed by atoms with Crippen LogP contribution in [0.3, 0.4) is 0 Å². The summed E-state index contributed by atoms with van der Waals surface area (Å²) in [6, 6.07) is 0. The van der Waals surface area contributed by atoms with E-state index in [9.17, 15) is 0 Å². The molecule has 0 amide bonds. The standard InChI is InChI=1S/C13H24N4O/c1-4-7-11-12(14)15-10-16-13(11)18-9-8-17(5-2)6-3/h10H,4-9H2,1-3H3,(H2,14,15,16). The van der Waals surface area contributed by atoms with Crippen LogP contribution < -0.4 is 10.5 Å². The van der Waals surface area contributed by atoms with Crippen LogP contribution >= 0.6 is 0 Å². The Balaban J connectivity index is 2.58. The van der Waals surface area contributed by atoms with Gasteiger partial charge < -0.3 is 15.4 Å². The Morgan fingerprint density at radius 2 is 1.94 bits per heavy atom. The Morgan fingerprint density at radius 1 is 1.22 bits per heavy atom. The van der Waals surface area contributed by atoms with E-state index in [-0.39, 0.29) is 0 Å². The van der Waals surface area contributed by atoms with E-state index in [1.807, 2.05) is 0 Å². The number of nitrogens with zero attached hydrogens (tertiary/aromatic N) is 3. The van der Waals surface area contributed by atoms with Crippen molar-refractivity contribution in [2.75, 3.05) is 32.0 Å². The SMILES string of the molecule is CCCc1c(N)ncnc1OCCN(CC)CC. The van der Waals surface area contributed by atoms with E-state index in [1.165, 1.54) is 6.33 Å². The minimum absolute atomic E-state index is 0.532. The van der Waals surface area contributed by atoms with Gasteiger partial charge in [-0.05, 0) is 19.5 Å². The molecule has 1 aromatic rings. The molecule has 0 bridgehead atoms. The van der Waals surface area contributed by atoms with Gasteiger partial charge in [-0.25, -0.2) is 9.97 Å². The van der Waals surface area contributed by atoms with Gasteiger partial charge in [-0.2, -0.15) is 0 Å². The molecule has 0 unspecified atom stereocenters. The Bertz CT molecular complexity index is 353. The van der Waals surface area contributed by atoms with E-state index >= 15 is 0 Å². The molecule has 5 heteroatoms. The van der Waals surface area contributed by atoms with E-state index < -0.39 is 0 Å². The molecule has 0 aliphatic rings. The zero-order chi connectivity index (χ0) is 13.4. The minimum atomic E-state index is 0.532. The highest BCUT2D eigenvalue weighted by Crippen LogP contribution is 2.21. The van der Waals surface area contributed by atoms with Crippen LogP contribution in [0.1, 0.15) is 32.8 Å². The summed E-state index contributed by atoms with van der Waals surface area (Å²) in [6.45, 7) is 10.0. The third kappa shape index (κ3) is 4.14. The van der Waals surface area contributed by atoms with Gasteiger partial charge in [0.15, 0.2) is 0 Å². The molecule has 0 aliphatic carbocycles. The van der Waals surface area contributed by atoms with Crippen molar-refractivity contribution in [3.05, 3.63) is 11.9 Å². The maximum Gasteiger partial charge on any atom is 0.221 e. The minimum Gasteiger partial charge on any atom is -0.476 e. The average molecular weight is 252 g/mol. The molecule has 0 atom stereocenters. The van der Waals surface area contributed by atoms with E-state index in [4.69, 9.17) is 10.5 Å². The van der Waals surface area contributed by atoms with Crippen LogP contribution in [0.15, 0.2) is 6.33 Å². The number of ether oxygens (including phenoxy) is 1. The Kier molecular flexibility index (Phi) is 6.43. The number of anilines is 1. The lowest BCUT2D eigenvalue weighted by atomic mass is 10.2. The maximum absolute atomic E-state index is 5.85. The van der Waals surface area contributed by atoms with Crippen molar-refractivity contribution in [1.82, 2.24) is 14.9 Å². The van der Waals surface area contributed by atoms with Crippen molar-refractivity contribution < 1.29 is 4.74 Å². The summed E-state index contributed by atoms with van der Waals surface area (Å²) in [5.74, 6) is 1.17. The van der Waals surface area contributed by atoms with Gasteiger partial charge in [-0.3, -0.25) is 0 Å². The number of likely N-dealkylation sites (N-methyl/N-ethyl adjacent to an activating group) is 1. The molecule has 0 saturated carbocycles. The van der Waals surface area contributed by atoms with Crippen LogP contribution in [-0.4, -0.2) is 41.1 Å². The number of hydrogen-bond donors (Lipinski definition) is 1. The third-order valence-electron chi connectivity index (χ3n) is 2.98. The summed E-state index contributed by atoms with van der Waals surface area (Å²) in [6.07, 6.45) is 3.32. The van der Waals surface area contributed by atoms with Gasteiger partial charge in [0, 0.05) is 6.54 Å². The zero-order valence-electron chi connectivity index (χ0n) is 11.6. The maximum atomic E-state index is 5.85. The van der Waals surface area contributed by atoms with Crippen molar-refractivity contribution >= 4 is 5.82 Å². The number of aromatic nitrogens is 2. The summed E-state index contributed by atoms with van der Waals surface area (Å²) in [4.78, 5) is 10.5. The molecular formula is C13H24N4O. The van der Waals surface area contributed by atoms with Gasteiger partial charge >= 0.3 is 0 Å². The van der Waals surface area contributed by atoms with Gasteiger partial charge in [-0.15, -0.1) is 0 Å². The molecule has 0 radical (unpaired) electrons. The topological polar surface area (TPSA) is 64.3 Å². The predicted molar refractivity (Wildman–Crippen MR) is 73.7 cm³/mol. The van der Waals surface area contributed by atoms with Gasteiger partial charge in [0.25, 0.3) is 0 Å². The molecule has 0 saturated heterocycles. The molecule has 102 valence electrons. The lowest BCUT2D eigenvalue weighted by Crippen LogP contribution is -2.28. The van der Waals surface area contributed by atoms with Gasteiger partial charge in [0.05, 0.1) is 5.56 Å². The Morgan fingerprint density at radius 3 is 2.56 bits per heavy atom. The molecule has 1 aromatic heterocycles. The quantitative estimate of drug-likeness (QED) is 0.763. The van der Waals surface area contributed by atoms with Crippen molar-refractivity contribution in [2.24, 2.45) is 0 Å². The van der Waals surface area contributed by atoms with Crippen molar-refractivity contribution in [1.29, 1.82) is 0 Å². The fourth-order valence-electron chi connectivity index (χ4n) is 1.83. The largest absolute Gasteiger partial charge is 0.476 e. The van der Waals surface area contributed by atoms with Crippen LogP contribution in [-0.2, 0) is 6.42 Å². The van der Waals surface area contributed by atoms with Crippen LogP contribution in [0.5, 0.6) is 5.88 Å². The zero-order valence-corrected chi connectivity index (χ0v) is 11.6. The summed E-state index contributed by atoms with van der Waals surface area (Å²) < 4.78 is 5.73. The fourth-order valence-corrected chi connectivity index (χ4v) is 1.83. The molecular weight excluding hydrogens is 228 g/mol. The van der Waals surface area contributed by atoms with Crippen LogP contribution in [0, 0.1) is 0 Å². The third-order valence-corrected chi connectivity index (χ3v) is 2.98. The van der Waals surface area contributed by atoms with Crippen molar-refractivity contribution in [3.63, 3.8) is 0 Å². The molecule has 18 heavy (non-hydrogen) atoms. The van der Waals surface area contributed by atoms with Gasteiger partial charge in [-0.1, -0.05) is 27.2 Å². The highest BCUT2D eigenvalue weighted by atomic mass is 16.5. The molecule has 2 N–H and O–H groups in total. The number of nitrogens with two attached hydrogens (primary N) is 1. The van der Waals surface area contributed by atoms with Crippen LogP contribution in [0.25, 0.3) is 0 Å². The predicted octanol–water partition coefficient (Wildman–Crippen LogP) is 1.73. The summed E-state index contributed by atoms with van der Waals surface area (Å²) in [5, 5.41) is 0. The van der Waals surface area contributed by atoms with Gasteiger partial charge in [0.2, 0.25) is 5.88 Å². The van der Waals surface area contributed by atoms with E-state index in [0.717, 1.165) is 38.0 Å². The normalized spacial score (nSPS) is 10.9. The lowest BCUT2D eigenvalue weighted by molar-refractivity contribution is 0.216. The summed E-state index contributed by atoms with van der Waals surface area (Å²) in [5.41, 5.74) is 6.78. The lowest BCUT2D eigenvalue weighted by Gasteiger charge is -2.18. The molecule has 1 rings (SSSR count). The first-order chi connectivity index (χ1) is 8.72. The smallest absolute Gasteiger partial charge is 0.221 e.